The van der Waals surface area contributed by atoms with Crippen molar-refractivity contribution in [2.24, 2.45) is 0 Å². The lowest BCUT2D eigenvalue weighted by Gasteiger charge is -2.28. The molecule has 1 saturated heterocycles. The van der Waals surface area contributed by atoms with Crippen molar-refractivity contribution in [2.45, 2.75) is 25.7 Å². The van der Waals surface area contributed by atoms with Gasteiger partial charge in [-0.05, 0) is 26.0 Å². The number of para-hydroxylation sites is 1. The highest BCUT2D eigenvalue weighted by Gasteiger charge is 2.49. The number of hydrogen-bond donors (Lipinski definition) is 1. The highest BCUT2D eigenvalue weighted by molar-refractivity contribution is 5.91. The maximum absolute atomic E-state index is 11.5. The molecular weight excluding hydrogens is 194 g/mol. The zero-order valence-corrected chi connectivity index (χ0v) is 8.68. The molecular formula is C11H13NO3. The third-order valence-corrected chi connectivity index (χ3v) is 2.70. The Kier molecular flexibility index (Phi) is 2.16. The molecule has 0 saturated carbocycles. The molecule has 4 nitrogen and oxygen atoms in total. The van der Waals surface area contributed by atoms with E-state index in [0.717, 1.165) is 0 Å². The molecule has 2 rings (SSSR count). The van der Waals surface area contributed by atoms with E-state index in [1.54, 1.807) is 26.0 Å². The molecule has 4 heteroatoms. The SMILES string of the molecule is C[C@@H]1OC(=O)N(c2ccccc2)[C@]1(C)O. The van der Waals surface area contributed by atoms with Gasteiger partial charge >= 0.3 is 6.09 Å². The second-order valence-electron chi connectivity index (χ2n) is 3.79. The van der Waals surface area contributed by atoms with Gasteiger partial charge in [0.2, 0.25) is 0 Å². The number of nitrogens with zero attached hydrogens (tertiary/aromatic N) is 1. The van der Waals surface area contributed by atoms with E-state index in [1.807, 2.05) is 18.2 Å². The second-order valence-corrected chi connectivity index (χ2v) is 3.79. The first-order chi connectivity index (χ1) is 7.03. The Hall–Kier alpha value is -1.55. The molecule has 80 valence electrons. The lowest BCUT2D eigenvalue weighted by Crippen LogP contribution is -2.48. The Balaban J connectivity index is 2.41. The van der Waals surface area contributed by atoms with Gasteiger partial charge in [-0.25, -0.2) is 9.69 Å². The molecule has 0 spiro atoms. The average molecular weight is 207 g/mol. The normalized spacial score (nSPS) is 30.5. The molecule has 1 heterocycles. The first-order valence-corrected chi connectivity index (χ1v) is 4.82. The highest BCUT2D eigenvalue weighted by atomic mass is 16.6. The molecule has 1 fully saturated rings. The van der Waals surface area contributed by atoms with Gasteiger partial charge in [0.15, 0.2) is 5.72 Å². The molecule has 1 N–H and O–H groups in total. The lowest BCUT2D eigenvalue weighted by atomic mass is 10.1. The van der Waals surface area contributed by atoms with Crippen molar-refractivity contribution in [3.05, 3.63) is 30.3 Å². The van der Waals surface area contributed by atoms with E-state index in [-0.39, 0.29) is 0 Å². The van der Waals surface area contributed by atoms with Crippen LogP contribution in [-0.2, 0) is 4.74 Å². The number of carbonyl (C=O) groups excluding carboxylic acids is 1. The van der Waals surface area contributed by atoms with Gasteiger partial charge < -0.3 is 9.84 Å². The van der Waals surface area contributed by atoms with Gasteiger partial charge in [0, 0.05) is 0 Å². The Bertz CT molecular complexity index is 375. The number of amides is 1. The Morgan fingerprint density at radius 3 is 2.47 bits per heavy atom. The van der Waals surface area contributed by atoms with Gasteiger partial charge in [-0.15, -0.1) is 0 Å². The predicted molar refractivity (Wildman–Crippen MR) is 55.5 cm³/mol. The topological polar surface area (TPSA) is 49.8 Å². The van der Waals surface area contributed by atoms with E-state index in [2.05, 4.69) is 0 Å². The van der Waals surface area contributed by atoms with Crippen molar-refractivity contribution >= 4 is 11.8 Å². The fourth-order valence-electron chi connectivity index (χ4n) is 1.63. The molecule has 0 aliphatic carbocycles. The first kappa shape index (κ1) is 9.98. The molecule has 1 aromatic carbocycles. The van der Waals surface area contributed by atoms with Gasteiger partial charge in [0.25, 0.3) is 0 Å². The van der Waals surface area contributed by atoms with Gasteiger partial charge in [0.1, 0.15) is 6.10 Å². The van der Waals surface area contributed by atoms with Crippen molar-refractivity contribution in [1.82, 2.24) is 0 Å². The number of benzene rings is 1. The number of cyclic esters (lactones) is 1. The minimum Gasteiger partial charge on any atom is -0.441 e. The smallest absolute Gasteiger partial charge is 0.417 e. The van der Waals surface area contributed by atoms with Crippen LogP contribution < -0.4 is 4.90 Å². The molecule has 2 atom stereocenters. The Morgan fingerprint density at radius 1 is 1.40 bits per heavy atom. The number of anilines is 1. The van der Waals surface area contributed by atoms with Gasteiger partial charge in [-0.1, -0.05) is 18.2 Å². The molecule has 0 aromatic heterocycles. The average Bonchev–Trinajstić information content (AvgIpc) is 2.37. The van der Waals surface area contributed by atoms with Crippen molar-refractivity contribution in [3.63, 3.8) is 0 Å². The van der Waals surface area contributed by atoms with Crippen LogP contribution in [0.4, 0.5) is 10.5 Å². The van der Waals surface area contributed by atoms with Crippen LogP contribution in [0.15, 0.2) is 30.3 Å². The van der Waals surface area contributed by atoms with Gasteiger partial charge in [-0.3, -0.25) is 0 Å². The standard InChI is InChI=1S/C11H13NO3/c1-8-11(2,14)12(10(13)15-8)9-6-4-3-5-7-9/h3-8,14H,1-2H3/t8-,11+/m0/s1. The fraction of sp³-hybridized carbons (Fsp3) is 0.364. The fourth-order valence-corrected chi connectivity index (χ4v) is 1.63. The zero-order chi connectivity index (χ0) is 11.1. The summed E-state index contributed by atoms with van der Waals surface area (Å²) in [5, 5.41) is 10.1. The van der Waals surface area contributed by atoms with E-state index in [1.165, 1.54) is 4.90 Å². The summed E-state index contributed by atoms with van der Waals surface area (Å²) in [4.78, 5) is 12.8. The number of aliphatic hydroxyl groups is 1. The molecule has 0 bridgehead atoms. The number of carbonyl (C=O) groups is 1. The molecule has 1 aromatic rings. The Labute approximate surface area is 88.1 Å². The van der Waals surface area contributed by atoms with E-state index in [9.17, 15) is 9.90 Å². The predicted octanol–water partition coefficient (Wildman–Crippen LogP) is 1.74. The molecule has 15 heavy (non-hydrogen) atoms. The number of ether oxygens (including phenoxy) is 1. The summed E-state index contributed by atoms with van der Waals surface area (Å²) in [5.74, 6) is 0. The maximum Gasteiger partial charge on any atom is 0.417 e. The van der Waals surface area contributed by atoms with Gasteiger partial charge in [0.05, 0.1) is 5.69 Å². The third-order valence-electron chi connectivity index (χ3n) is 2.70. The molecule has 1 aliphatic rings. The monoisotopic (exact) mass is 207 g/mol. The van der Waals surface area contributed by atoms with Gasteiger partial charge in [-0.2, -0.15) is 0 Å². The second kappa shape index (κ2) is 3.24. The summed E-state index contributed by atoms with van der Waals surface area (Å²) in [6, 6.07) is 8.98. The summed E-state index contributed by atoms with van der Waals surface area (Å²) in [6.45, 7) is 3.23. The van der Waals surface area contributed by atoms with Crippen molar-refractivity contribution < 1.29 is 14.6 Å². The third kappa shape index (κ3) is 1.47. The molecule has 1 aliphatic heterocycles. The van der Waals surface area contributed by atoms with Crippen LogP contribution in [0.5, 0.6) is 0 Å². The van der Waals surface area contributed by atoms with E-state index in [0.29, 0.717) is 5.69 Å². The van der Waals surface area contributed by atoms with Crippen LogP contribution in [0.3, 0.4) is 0 Å². The number of rotatable bonds is 1. The summed E-state index contributed by atoms with van der Waals surface area (Å²) in [5.41, 5.74) is -0.657. The summed E-state index contributed by atoms with van der Waals surface area (Å²) < 4.78 is 4.98. The zero-order valence-electron chi connectivity index (χ0n) is 8.68. The minimum atomic E-state index is -1.29. The molecule has 0 radical (unpaired) electrons. The first-order valence-electron chi connectivity index (χ1n) is 4.82. The highest BCUT2D eigenvalue weighted by Crippen LogP contribution is 2.32. The van der Waals surface area contributed by atoms with E-state index in [4.69, 9.17) is 4.74 Å². The maximum atomic E-state index is 11.5. The van der Waals surface area contributed by atoms with Crippen LogP contribution in [-0.4, -0.2) is 23.0 Å². The lowest BCUT2D eigenvalue weighted by molar-refractivity contribution is -0.00438. The quantitative estimate of drug-likeness (QED) is 0.763. The minimum absolute atomic E-state index is 0.515. The van der Waals surface area contributed by atoms with Crippen LogP contribution in [0.2, 0.25) is 0 Å². The van der Waals surface area contributed by atoms with Crippen LogP contribution in [0.25, 0.3) is 0 Å². The van der Waals surface area contributed by atoms with Crippen LogP contribution >= 0.6 is 0 Å². The Morgan fingerprint density at radius 2 is 2.00 bits per heavy atom. The molecule has 0 unspecified atom stereocenters. The number of hydrogen-bond acceptors (Lipinski definition) is 3. The summed E-state index contributed by atoms with van der Waals surface area (Å²) in [7, 11) is 0. The van der Waals surface area contributed by atoms with Crippen LogP contribution in [0, 0.1) is 0 Å². The van der Waals surface area contributed by atoms with Crippen molar-refractivity contribution in [2.75, 3.05) is 4.90 Å². The van der Waals surface area contributed by atoms with Crippen molar-refractivity contribution in [3.8, 4) is 0 Å². The largest absolute Gasteiger partial charge is 0.441 e. The molecule has 1 amide bonds. The summed E-state index contributed by atoms with van der Waals surface area (Å²) >= 11 is 0. The van der Waals surface area contributed by atoms with E-state index < -0.39 is 17.9 Å². The van der Waals surface area contributed by atoms with Crippen molar-refractivity contribution in [1.29, 1.82) is 0 Å². The van der Waals surface area contributed by atoms with Crippen LogP contribution in [0.1, 0.15) is 13.8 Å². The summed E-state index contributed by atoms with van der Waals surface area (Å²) in [6.07, 6.45) is -1.05. The van der Waals surface area contributed by atoms with E-state index >= 15 is 0 Å².